The highest BCUT2D eigenvalue weighted by atomic mass is 16.5. The minimum Gasteiger partial charge on any atom is -0.378 e. The molecule has 0 atom stereocenters. The first kappa shape index (κ1) is 15.0. The molecule has 1 aromatic rings. The molecule has 0 unspecified atom stereocenters. The molecule has 4 heteroatoms. The van der Waals surface area contributed by atoms with Gasteiger partial charge in [-0.1, -0.05) is 12.1 Å². The van der Waals surface area contributed by atoms with Gasteiger partial charge in [-0.2, -0.15) is 0 Å². The summed E-state index contributed by atoms with van der Waals surface area (Å²) < 4.78 is 5.26. The van der Waals surface area contributed by atoms with E-state index in [1.165, 1.54) is 18.4 Å². The van der Waals surface area contributed by atoms with Crippen molar-refractivity contribution in [3.63, 3.8) is 0 Å². The van der Waals surface area contributed by atoms with Crippen molar-refractivity contribution >= 4 is 11.6 Å². The summed E-state index contributed by atoms with van der Waals surface area (Å²) in [6, 6.07) is 8.70. The van der Waals surface area contributed by atoms with E-state index in [9.17, 15) is 4.79 Å². The van der Waals surface area contributed by atoms with E-state index >= 15 is 0 Å². The normalized spacial score (nSPS) is 15.2. The molecule has 2 N–H and O–H groups in total. The van der Waals surface area contributed by atoms with Gasteiger partial charge in [0.25, 0.3) is 0 Å². The number of methoxy groups -OCH3 is 1. The van der Waals surface area contributed by atoms with Crippen molar-refractivity contribution in [2.75, 3.05) is 12.4 Å². The molecular weight excluding hydrogens is 252 g/mol. The summed E-state index contributed by atoms with van der Waals surface area (Å²) >= 11 is 0. The zero-order valence-electron chi connectivity index (χ0n) is 12.5. The van der Waals surface area contributed by atoms with Crippen LogP contribution in [0.15, 0.2) is 24.3 Å². The van der Waals surface area contributed by atoms with Crippen LogP contribution in [0, 0.1) is 0 Å². The van der Waals surface area contributed by atoms with Gasteiger partial charge >= 0.3 is 0 Å². The quantitative estimate of drug-likeness (QED) is 0.805. The highest BCUT2D eigenvalue weighted by Gasteiger charge is 2.21. The first-order valence-electron chi connectivity index (χ1n) is 7.16. The third-order valence-electron chi connectivity index (χ3n) is 3.55. The van der Waals surface area contributed by atoms with E-state index in [2.05, 4.69) is 10.6 Å². The van der Waals surface area contributed by atoms with E-state index in [0.717, 1.165) is 12.2 Å². The van der Waals surface area contributed by atoms with E-state index in [1.54, 1.807) is 7.11 Å². The van der Waals surface area contributed by atoms with Crippen molar-refractivity contribution < 1.29 is 9.53 Å². The van der Waals surface area contributed by atoms with Crippen LogP contribution in [0.25, 0.3) is 0 Å². The highest BCUT2D eigenvalue weighted by molar-refractivity contribution is 5.91. The fourth-order valence-corrected chi connectivity index (χ4v) is 1.92. The van der Waals surface area contributed by atoms with Gasteiger partial charge < -0.3 is 15.4 Å². The Morgan fingerprint density at radius 2 is 1.95 bits per heavy atom. The van der Waals surface area contributed by atoms with Gasteiger partial charge in [0, 0.05) is 25.4 Å². The van der Waals surface area contributed by atoms with Crippen LogP contribution < -0.4 is 10.6 Å². The maximum absolute atomic E-state index is 11.9. The molecule has 0 saturated heterocycles. The Morgan fingerprint density at radius 3 is 2.50 bits per heavy atom. The molecule has 2 rings (SSSR count). The maximum atomic E-state index is 11.9. The largest absolute Gasteiger partial charge is 0.378 e. The van der Waals surface area contributed by atoms with Crippen molar-refractivity contribution in [2.24, 2.45) is 0 Å². The lowest BCUT2D eigenvalue weighted by atomic mass is 10.0. The van der Waals surface area contributed by atoms with Gasteiger partial charge in [0.2, 0.25) is 5.91 Å². The lowest BCUT2D eigenvalue weighted by molar-refractivity contribution is -0.121. The molecule has 0 radical (unpaired) electrons. The minimum atomic E-state index is -0.432. The van der Waals surface area contributed by atoms with Crippen LogP contribution in [0.5, 0.6) is 0 Å². The number of benzene rings is 1. The third kappa shape index (κ3) is 4.94. The Morgan fingerprint density at radius 1 is 1.30 bits per heavy atom. The number of rotatable bonds is 7. The average Bonchev–Trinajstić information content (AvgIpc) is 3.21. The summed E-state index contributed by atoms with van der Waals surface area (Å²) in [5.74, 6) is -0.0271. The SMILES string of the molecule is COC(C)(C)CC(=O)Nc1ccc(CNC2CC2)cc1. The van der Waals surface area contributed by atoms with E-state index in [4.69, 9.17) is 4.74 Å². The molecule has 1 aromatic carbocycles. The molecule has 0 aliphatic heterocycles. The molecule has 0 spiro atoms. The fourth-order valence-electron chi connectivity index (χ4n) is 1.92. The Kier molecular flexibility index (Phi) is 4.78. The molecule has 1 saturated carbocycles. The van der Waals surface area contributed by atoms with Gasteiger partial charge in [-0.15, -0.1) is 0 Å². The number of hydrogen-bond donors (Lipinski definition) is 2. The van der Waals surface area contributed by atoms with Gasteiger partial charge in [0.15, 0.2) is 0 Å². The molecular formula is C16H24N2O2. The van der Waals surface area contributed by atoms with E-state index in [1.807, 2.05) is 38.1 Å². The van der Waals surface area contributed by atoms with Crippen LogP contribution in [0.1, 0.15) is 38.7 Å². The summed E-state index contributed by atoms with van der Waals surface area (Å²) in [5, 5.41) is 6.37. The zero-order valence-corrected chi connectivity index (χ0v) is 12.5. The van der Waals surface area contributed by atoms with Crippen molar-refractivity contribution in [1.82, 2.24) is 5.32 Å². The van der Waals surface area contributed by atoms with Crippen LogP contribution in [0.3, 0.4) is 0 Å². The van der Waals surface area contributed by atoms with Crippen molar-refractivity contribution in [3.05, 3.63) is 29.8 Å². The molecule has 1 amide bonds. The second-order valence-corrected chi connectivity index (χ2v) is 6.04. The van der Waals surface area contributed by atoms with Gasteiger partial charge in [-0.25, -0.2) is 0 Å². The molecule has 1 aliphatic carbocycles. The summed E-state index contributed by atoms with van der Waals surface area (Å²) in [6.45, 7) is 4.70. The number of nitrogens with one attached hydrogen (secondary N) is 2. The van der Waals surface area contributed by atoms with Crippen molar-refractivity contribution in [2.45, 2.75) is 51.3 Å². The van der Waals surface area contributed by atoms with E-state index in [-0.39, 0.29) is 5.91 Å². The fraction of sp³-hybridized carbons (Fsp3) is 0.562. The van der Waals surface area contributed by atoms with Gasteiger partial charge in [0.05, 0.1) is 12.0 Å². The maximum Gasteiger partial charge on any atom is 0.227 e. The smallest absolute Gasteiger partial charge is 0.227 e. The predicted molar refractivity (Wildman–Crippen MR) is 80.6 cm³/mol. The molecule has 20 heavy (non-hydrogen) atoms. The Bertz CT molecular complexity index is 450. The molecule has 110 valence electrons. The van der Waals surface area contributed by atoms with Gasteiger partial charge in [0.1, 0.15) is 0 Å². The monoisotopic (exact) mass is 276 g/mol. The molecule has 4 nitrogen and oxygen atoms in total. The Hall–Kier alpha value is -1.39. The van der Waals surface area contributed by atoms with Crippen LogP contribution in [-0.4, -0.2) is 24.7 Å². The minimum absolute atomic E-state index is 0.0271. The van der Waals surface area contributed by atoms with Crippen LogP contribution in [0.4, 0.5) is 5.69 Å². The second kappa shape index (κ2) is 6.37. The second-order valence-electron chi connectivity index (χ2n) is 6.04. The summed E-state index contributed by atoms with van der Waals surface area (Å²) in [7, 11) is 1.62. The number of anilines is 1. The summed E-state index contributed by atoms with van der Waals surface area (Å²) in [4.78, 5) is 11.9. The highest BCUT2D eigenvalue weighted by Crippen LogP contribution is 2.20. The zero-order chi connectivity index (χ0) is 14.6. The van der Waals surface area contributed by atoms with E-state index < -0.39 is 5.60 Å². The molecule has 0 aromatic heterocycles. The number of carbonyl (C=O) groups is 1. The number of amides is 1. The summed E-state index contributed by atoms with van der Waals surface area (Å²) in [5.41, 5.74) is 1.64. The van der Waals surface area contributed by atoms with Crippen molar-refractivity contribution in [3.8, 4) is 0 Å². The first-order chi connectivity index (χ1) is 9.48. The molecule has 1 aliphatic rings. The molecule has 0 heterocycles. The van der Waals surface area contributed by atoms with Crippen LogP contribution in [0.2, 0.25) is 0 Å². The third-order valence-corrected chi connectivity index (χ3v) is 3.55. The lowest BCUT2D eigenvalue weighted by Crippen LogP contribution is -2.29. The van der Waals surface area contributed by atoms with Gasteiger partial charge in [-0.05, 0) is 44.4 Å². The van der Waals surface area contributed by atoms with Crippen LogP contribution in [-0.2, 0) is 16.1 Å². The predicted octanol–water partition coefficient (Wildman–Crippen LogP) is 2.69. The number of hydrogen-bond acceptors (Lipinski definition) is 3. The molecule has 1 fully saturated rings. The molecule has 0 bridgehead atoms. The number of ether oxygens (including phenoxy) is 1. The standard InChI is InChI=1S/C16H24N2O2/c1-16(2,20-3)10-15(19)18-14-6-4-12(5-7-14)11-17-13-8-9-13/h4-7,13,17H,8-11H2,1-3H3,(H,18,19). The van der Waals surface area contributed by atoms with Gasteiger partial charge in [-0.3, -0.25) is 4.79 Å². The Labute approximate surface area is 120 Å². The van der Waals surface area contributed by atoms with Crippen LogP contribution >= 0.6 is 0 Å². The summed E-state index contributed by atoms with van der Waals surface area (Å²) in [6.07, 6.45) is 2.93. The Balaban J connectivity index is 1.81. The lowest BCUT2D eigenvalue weighted by Gasteiger charge is -2.21. The first-order valence-corrected chi connectivity index (χ1v) is 7.16. The average molecular weight is 276 g/mol. The number of carbonyl (C=O) groups excluding carboxylic acids is 1. The van der Waals surface area contributed by atoms with E-state index in [0.29, 0.717) is 12.5 Å². The van der Waals surface area contributed by atoms with Crippen molar-refractivity contribution in [1.29, 1.82) is 0 Å². The topological polar surface area (TPSA) is 50.4 Å².